The highest BCUT2D eigenvalue weighted by Crippen LogP contribution is 2.39. The van der Waals surface area contributed by atoms with Crippen molar-refractivity contribution in [2.75, 3.05) is 11.5 Å². The zero-order chi connectivity index (χ0) is 18.5. The summed E-state index contributed by atoms with van der Waals surface area (Å²) in [6.07, 6.45) is 3.07. The average Bonchev–Trinajstić information content (AvgIpc) is 3.20. The van der Waals surface area contributed by atoms with Crippen molar-refractivity contribution in [3.8, 4) is 10.4 Å². The van der Waals surface area contributed by atoms with Gasteiger partial charge in [0.15, 0.2) is 0 Å². The zero-order valence-corrected chi connectivity index (χ0v) is 16.2. The van der Waals surface area contributed by atoms with Crippen molar-refractivity contribution in [2.24, 2.45) is 5.73 Å². The number of primary amides is 1. The molecule has 26 heavy (non-hydrogen) atoms. The summed E-state index contributed by atoms with van der Waals surface area (Å²) in [5.41, 5.74) is 8.65. The van der Waals surface area contributed by atoms with E-state index in [-0.39, 0.29) is 17.4 Å². The molecule has 3 heterocycles. The van der Waals surface area contributed by atoms with Gasteiger partial charge < -0.3 is 10.7 Å². The fourth-order valence-electron chi connectivity index (χ4n) is 3.60. The molecule has 0 radical (unpaired) electrons. The lowest BCUT2D eigenvalue weighted by atomic mass is 9.91. The predicted octanol–water partition coefficient (Wildman–Crippen LogP) is 3.94. The molecule has 0 aliphatic carbocycles. The molecule has 2 aromatic heterocycles. The molecular formula is C18H17ClN2O3S2. The van der Waals surface area contributed by atoms with E-state index in [9.17, 15) is 13.2 Å². The summed E-state index contributed by atoms with van der Waals surface area (Å²) in [4.78, 5) is 16.1. The highest BCUT2D eigenvalue weighted by molar-refractivity contribution is 7.91. The SMILES string of the molecule is NC(=O)c1cc(-c2ccc(Cl)s2)cc2c(C3CCS(=O)(=O)CC3)c[nH]c12. The molecular weight excluding hydrogens is 392 g/mol. The number of aromatic nitrogens is 1. The van der Waals surface area contributed by atoms with Crippen LogP contribution in [0.15, 0.2) is 30.5 Å². The summed E-state index contributed by atoms with van der Waals surface area (Å²) in [7, 11) is -2.93. The molecule has 3 N–H and O–H groups in total. The number of H-pyrrole nitrogens is 1. The highest BCUT2D eigenvalue weighted by atomic mass is 35.5. The van der Waals surface area contributed by atoms with E-state index >= 15 is 0 Å². The minimum Gasteiger partial charge on any atom is -0.366 e. The number of halogens is 1. The lowest BCUT2D eigenvalue weighted by Gasteiger charge is -2.21. The van der Waals surface area contributed by atoms with Crippen molar-refractivity contribution in [3.05, 3.63) is 45.9 Å². The molecule has 0 spiro atoms. The van der Waals surface area contributed by atoms with E-state index < -0.39 is 15.7 Å². The third-order valence-corrected chi connectivity index (χ3v) is 7.93. The molecule has 1 aliphatic rings. The van der Waals surface area contributed by atoms with Crippen LogP contribution in [0, 0.1) is 0 Å². The lowest BCUT2D eigenvalue weighted by Crippen LogP contribution is -2.22. The third kappa shape index (κ3) is 3.15. The maximum atomic E-state index is 12.0. The first-order chi connectivity index (χ1) is 12.3. The number of sulfone groups is 1. The molecule has 1 amide bonds. The van der Waals surface area contributed by atoms with Gasteiger partial charge in [-0.15, -0.1) is 11.3 Å². The van der Waals surface area contributed by atoms with Crippen LogP contribution >= 0.6 is 22.9 Å². The van der Waals surface area contributed by atoms with Crippen molar-refractivity contribution in [1.29, 1.82) is 0 Å². The number of benzene rings is 1. The third-order valence-electron chi connectivity index (χ3n) is 4.94. The molecule has 1 saturated heterocycles. The summed E-state index contributed by atoms with van der Waals surface area (Å²) in [5, 5.41) is 0.921. The molecule has 0 saturated carbocycles. The van der Waals surface area contributed by atoms with E-state index in [1.165, 1.54) is 11.3 Å². The van der Waals surface area contributed by atoms with Gasteiger partial charge in [0.05, 0.1) is 26.9 Å². The summed E-state index contributed by atoms with van der Waals surface area (Å²) in [5.74, 6) is 0.0508. The first-order valence-corrected chi connectivity index (χ1v) is 11.3. The largest absolute Gasteiger partial charge is 0.366 e. The Hall–Kier alpha value is -1.83. The topological polar surface area (TPSA) is 93.0 Å². The summed E-state index contributed by atoms with van der Waals surface area (Å²) in [6, 6.07) is 7.54. The minimum atomic E-state index is -2.93. The van der Waals surface area contributed by atoms with Crippen molar-refractivity contribution >= 4 is 49.6 Å². The highest BCUT2D eigenvalue weighted by Gasteiger charge is 2.27. The van der Waals surface area contributed by atoms with Crippen molar-refractivity contribution in [3.63, 3.8) is 0 Å². The fraction of sp³-hybridized carbons (Fsp3) is 0.278. The Kier molecular flexibility index (Phi) is 4.33. The van der Waals surface area contributed by atoms with Gasteiger partial charge in [-0.25, -0.2) is 8.42 Å². The molecule has 136 valence electrons. The van der Waals surface area contributed by atoms with Crippen LogP contribution in [-0.4, -0.2) is 30.8 Å². The van der Waals surface area contributed by atoms with Crippen molar-refractivity contribution in [2.45, 2.75) is 18.8 Å². The molecule has 0 atom stereocenters. The van der Waals surface area contributed by atoms with Crippen molar-refractivity contribution in [1.82, 2.24) is 4.98 Å². The Balaban J connectivity index is 1.85. The van der Waals surface area contributed by atoms with Gasteiger partial charge in [0.25, 0.3) is 5.91 Å². The first kappa shape index (κ1) is 17.6. The number of thiophene rings is 1. The second kappa shape index (κ2) is 6.40. The Bertz CT molecular complexity index is 1100. The smallest absolute Gasteiger partial charge is 0.250 e. The molecule has 4 rings (SSSR count). The Labute approximate surface area is 160 Å². The lowest BCUT2D eigenvalue weighted by molar-refractivity contribution is 0.100. The number of rotatable bonds is 3. The molecule has 1 fully saturated rings. The average molecular weight is 409 g/mol. The fourth-order valence-corrected chi connectivity index (χ4v) is 6.12. The van der Waals surface area contributed by atoms with Gasteiger partial charge in [-0.2, -0.15) is 0 Å². The van der Waals surface area contributed by atoms with Gasteiger partial charge in [0.1, 0.15) is 9.84 Å². The normalized spacial score (nSPS) is 17.6. The van der Waals surface area contributed by atoms with E-state index in [4.69, 9.17) is 17.3 Å². The monoisotopic (exact) mass is 408 g/mol. The number of nitrogens with two attached hydrogens (primary N) is 1. The second-order valence-corrected chi connectivity index (χ2v) is 10.6. The van der Waals surface area contributed by atoms with E-state index in [1.807, 2.05) is 24.4 Å². The molecule has 5 nitrogen and oxygen atoms in total. The molecule has 0 unspecified atom stereocenters. The number of nitrogens with one attached hydrogen (secondary N) is 1. The van der Waals surface area contributed by atoms with Crippen LogP contribution in [0.25, 0.3) is 21.3 Å². The molecule has 1 aliphatic heterocycles. The quantitative estimate of drug-likeness (QED) is 0.687. The van der Waals surface area contributed by atoms with E-state index in [2.05, 4.69) is 4.98 Å². The number of hydrogen-bond donors (Lipinski definition) is 2. The summed E-state index contributed by atoms with van der Waals surface area (Å²) in [6.45, 7) is 0. The van der Waals surface area contributed by atoms with Crippen LogP contribution < -0.4 is 5.73 Å². The first-order valence-electron chi connectivity index (χ1n) is 8.25. The maximum absolute atomic E-state index is 12.0. The van der Waals surface area contributed by atoms with Gasteiger partial charge in [-0.05, 0) is 54.2 Å². The number of amides is 1. The molecule has 8 heteroatoms. The molecule has 1 aromatic carbocycles. The van der Waals surface area contributed by atoms with E-state index in [0.29, 0.717) is 28.3 Å². The molecule has 3 aromatic rings. The number of carbonyl (C=O) groups is 1. The molecule has 0 bridgehead atoms. The van der Waals surface area contributed by atoms with Gasteiger partial charge in [0.2, 0.25) is 0 Å². The zero-order valence-electron chi connectivity index (χ0n) is 13.8. The Morgan fingerprint density at radius 3 is 2.58 bits per heavy atom. The van der Waals surface area contributed by atoms with Crippen LogP contribution in [0.3, 0.4) is 0 Å². The minimum absolute atomic E-state index is 0.148. The predicted molar refractivity (Wildman–Crippen MR) is 106 cm³/mol. The van der Waals surface area contributed by atoms with Crippen LogP contribution in [0.1, 0.15) is 34.7 Å². The van der Waals surface area contributed by atoms with Gasteiger partial charge in [-0.3, -0.25) is 4.79 Å². The van der Waals surface area contributed by atoms with E-state index in [0.717, 1.165) is 21.4 Å². The van der Waals surface area contributed by atoms with Gasteiger partial charge in [0, 0.05) is 16.5 Å². The Morgan fingerprint density at radius 2 is 1.96 bits per heavy atom. The van der Waals surface area contributed by atoms with Crippen LogP contribution in [0.2, 0.25) is 4.34 Å². The number of hydrogen-bond acceptors (Lipinski definition) is 4. The number of carbonyl (C=O) groups excluding carboxylic acids is 1. The standard InChI is InChI=1S/C18H17ClN2O3S2/c19-16-2-1-15(25-16)11-7-12-14(10-3-5-26(23,24)6-4-10)9-21-17(12)13(8-11)18(20)22/h1-2,7-10,21H,3-6H2,(H2,20,22). The summed E-state index contributed by atoms with van der Waals surface area (Å²) >= 11 is 7.49. The second-order valence-electron chi connectivity index (χ2n) is 6.58. The summed E-state index contributed by atoms with van der Waals surface area (Å²) < 4.78 is 24.1. The van der Waals surface area contributed by atoms with Gasteiger partial charge in [-0.1, -0.05) is 11.6 Å². The van der Waals surface area contributed by atoms with E-state index in [1.54, 1.807) is 6.07 Å². The van der Waals surface area contributed by atoms with Crippen molar-refractivity contribution < 1.29 is 13.2 Å². The van der Waals surface area contributed by atoms with Crippen LogP contribution in [0.5, 0.6) is 0 Å². The number of aromatic amines is 1. The van der Waals surface area contributed by atoms with Crippen LogP contribution in [-0.2, 0) is 9.84 Å². The van der Waals surface area contributed by atoms with Crippen LogP contribution in [0.4, 0.5) is 0 Å². The maximum Gasteiger partial charge on any atom is 0.250 e. The Morgan fingerprint density at radius 1 is 1.23 bits per heavy atom. The number of fused-ring (bicyclic) bond motifs is 1. The van der Waals surface area contributed by atoms with Gasteiger partial charge >= 0.3 is 0 Å².